The number of pyridine rings is 1. The van der Waals surface area contributed by atoms with E-state index in [2.05, 4.69) is 10.3 Å². The fourth-order valence-corrected chi connectivity index (χ4v) is 1.92. The molecule has 0 bridgehead atoms. The number of aliphatic hydroxyl groups excluding tert-OH is 1. The monoisotopic (exact) mass is 282 g/mol. The van der Waals surface area contributed by atoms with E-state index in [0.29, 0.717) is 0 Å². The summed E-state index contributed by atoms with van der Waals surface area (Å²) in [6.07, 6.45) is 8.11. The minimum atomic E-state index is -0.182. The van der Waals surface area contributed by atoms with Gasteiger partial charge in [0, 0.05) is 30.8 Å². The van der Waals surface area contributed by atoms with Gasteiger partial charge in [-0.3, -0.25) is 9.78 Å². The number of benzene rings is 1. The summed E-state index contributed by atoms with van der Waals surface area (Å²) in [4.78, 5) is 15.8. The molecule has 0 aliphatic rings. The van der Waals surface area contributed by atoms with E-state index in [0.717, 1.165) is 29.7 Å². The molecular weight excluding hydrogens is 264 g/mol. The molecule has 1 aromatic carbocycles. The third-order valence-electron chi connectivity index (χ3n) is 2.93. The lowest BCUT2D eigenvalue weighted by Gasteiger charge is -2.05. The number of amides is 1. The Morgan fingerprint density at radius 3 is 2.95 bits per heavy atom. The number of hydrogen-bond donors (Lipinski definition) is 2. The average Bonchev–Trinajstić information content (AvgIpc) is 2.52. The normalized spacial score (nSPS) is 10.7. The van der Waals surface area contributed by atoms with Crippen LogP contribution in [0.4, 0.5) is 5.69 Å². The highest BCUT2D eigenvalue weighted by atomic mass is 16.2. The van der Waals surface area contributed by atoms with Crippen molar-refractivity contribution < 1.29 is 9.90 Å². The van der Waals surface area contributed by atoms with Crippen LogP contribution in [0.3, 0.4) is 0 Å². The molecule has 0 aliphatic carbocycles. The second-order valence-corrected chi connectivity index (χ2v) is 4.64. The van der Waals surface area contributed by atoms with Gasteiger partial charge in [-0.2, -0.15) is 0 Å². The lowest BCUT2D eigenvalue weighted by Crippen LogP contribution is -2.08. The van der Waals surface area contributed by atoms with Gasteiger partial charge in [0.2, 0.25) is 5.91 Å². The van der Waals surface area contributed by atoms with Gasteiger partial charge >= 0.3 is 0 Å². The first kappa shape index (κ1) is 14.9. The van der Waals surface area contributed by atoms with Crippen molar-refractivity contribution in [3.63, 3.8) is 0 Å². The summed E-state index contributed by atoms with van der Waals surface area (Å²) in [7, 11) is 0. The van der Waals surface area contributed by atoms with E-state index < -0.39 is 0 Å². The van der Waals surface area contributed by atoms with Crippen LogP contribution in [0, 0.1) is 0 Å². The average molecular weight is 282 g/mol. The van der Waals surface area contributed by atoms with E-state index in [4.69, 9.17) is 5.11 Å². The van der Waals surface area contributed by atoms with Crippen LogP contribution in [-0.2, 0) is 11.2 Å². The summed E-state index contributed by atoms with van der Waals surface area (Å²) in [5.74, 6) is -0.182. The predicted molar refractivity (Wildman–Crippen MR) is 83.7 cm³/mol. The maximum atomic E-state index is 11.9. The first-order chi connectivity index (χ1) is 10.3. The summed E-state index contributed by atoms with van der Waals surface area (Å²) in [6, 6.07) is 11.3. The molecule has 2 aromatic rings. The largest absolute Gasteiger partial charge is 0.396 e. The standard InChI is InChI=1S/C17H18N2O2/c20-11-3-6-14-4-1-7-16(12-14)19-17(21)9-8-15-5-2-10-18-13-15/h1-2,4-5,7-10,12-13,20H,3,6,11H2,(H,19,21)/b9-8+. The van der Waals surface area contributed by atoms with E-state index in [1.807, 2.05) is 36.4 Å². The minimum Gasteiger partial charge on any atom is -0.396 e. The van der Waals surface area contributed by atoms with Crippen molar-refractivity contribution in [3.05, 3.63) is 66.0 Å². The zero-order valence-electron chi connectivity index (χ0n) is 11.7. The Balaban J connectivity index is 1.95. The van der Waals surface area contributed by atoms with Crippen LogP contribution >= 0.6 is 0 Å². The number of carbonyl (C=O) groups is 1. The molecule has 2 N–H and O–H groups in total. The van der Waals surface area contributed by atoms with E-state index in [1.54, 1.807) is 18.5 Å². The van der Waals surface area contributed by atoms with Gasteiger partial charge in [-0.25, -0.2) is 0 Å². The first-order valence-corrected chi connectivity index (χ1v) is 6.87. The van der Waals surface area contributed by atoms with Crippen LogP contribution in [0.5, 0.6) is 0 Å². The maximum absolute atomic E-state index is 11.9. The topological polar surface area (TPSA) is 62.2 Å². The summed E-state index contributed by atoms with van der Waals surface area (Å²) >= 11 is 0. The Morgan fingerprint density at radius 2 is 2.19 bits per heavy atom. The Bertz CT molecular complexity index is 609. The molecule has 0 fully saturated rings. The van der Waals surface area contributed by atoms with Gasteiger partial charge in [0.05, 0.1) is 0 Å². The zero-order valence-corrected chi connectivity index (χ0v) is 11.7. The fraction of sp³-hybridized carbons (Fsp3) is 0.176. The van der Waals surface area contributed by atoms with Gasteiger partial charge in [-0.05, 0) is 48.2 Å². The van der Waals surface area contributed by atoms with E-state index in [9.17, 15) is 4.79 Å². The van der Waals surface area contributed by atoms with Crippen LogP contribution in [-0.4, -0.2) is 22.6 Å². The second kappa shape index (κ2) is 7.97. The van der Waals surface area contributed by atoms with E-state index in [1.165, 1.54) is 6.08 Å². The number of aliphatic hydroxyl groups is 1. The Hall–Kier alpha value is -2.46. The summed E-state index contributed by atoms with van der Waals surface area (Å²) in [6.45, 7) is 0.171. The lowest BCUT2D eigenvalue weighted by atomic mass is 10.1. The van der Waals surface area contributed by atoms with Gasteiger partial charge in [-0.1, -0.05) is 18.2 Å². The Labute approximate surface area is 124 Å². The molecule has 0 spiro atoms. The lowest BCUT2D eigenvalue weighted by molar-refractivity contribution is -0.111. The van der Waals surface area contributed by atoms with Crippen LogP contribution in [0.1, 0.15) is 17.5 Å². The number of nitrogens with zero attached hydrogens (tertiary/aromatic N) is 1. The number of anilines is 1. The minimum absolute atomic E-state index is 0.171. The third kappa shape index (κ3) is 5.20. The van der Waals surface area contributed by atoms with Crippen molar-refractivity contribution in [3.8, 4) is 0 Å². The summed E-state index contributed by atoms with van der Waals surface area (Å²) in [5.41, 5.74) is 2.73. The molecule has 21 heavy (non-hydrogen) atoms. The van der Waals surface area contributed by atoms with Crippen LogP contribution in [0.2, 0.25) is 0 Å². The van der Waals surface area contributed by atoms with Crippen molar-refractivity contribution in [2.24, 2.45) is 0 Å². The number of nitrogens with one attached hydrogen (secondary N) is 1. The fourth-order valence-electron chi connectivity index (χ4n) is 1.92. The molecule has 0 aliphatic heterocycles. The third-order valence-corrected chi connectivity index (χ3v) is 2.93. The quantitative estimate of drug-likeness (QED) is 0.801. The van der Waals surface area contributed by atoms with E-state index in [-0.39, 0.29) is 12.5 Å². The van der Waals surface area contributed by atoms with E-state index >= 15 is 0 Å². The van der Waals surface area contributed by atoms with Crippen molar-refractivity contribution >= 4 is 17.7 Å². The Morgan fingerprint density at radius 1 is 1.29 bits per heavy atom. The van der Waals surface area contributed by atoms with Gasteiger partial charge in [0.1, 0.15) is 0 Å². The van der Waals surface area contributed by atoms with Gasteiger partial charge in [0.15, 0.2) is 0 Å². The number of carbonyl (C=O) groups excluding carboxylic acids is 1. The van der Waals surface area contributed by atoms with Crippen LogP contribution < -0.4 is 5.32 Å². The molecule has 0 unspecified atom stereocenters. The number of rotatable bonds is 6. The summed E-state index contributed by atoms with van der Waals surface area (Å²) in [5, 5.41) is 11.7. The molecule has 108 valence electrons. The smallest absolute Gasteiger partial charge is 0.248 e. The zero-order chi connectivity index (χ0) is 14.9. The van der Waals surface area contributed by atoms with Crippen molar-refractivity contribution in [1.82, 2.24) is 4.98 Å². The molecule has 1 amide bonds. The van der Waals surface area contributed by atoms with Crippen LogP contribution in [0.25, 0.3) is 6.08 Å². The number of hydrogen-bond acceptors (Lipinski definition) is 3. The first-order valence-electron chi connectivity index (χ1n) is 6.87. The van der Waals surface area contributed by atoms with Crippen LogP contribution in [0.15, 0.2) is 54.9 Å². The molecule has 0 radical (unpaired) electrons. The molecule has 4 nitrogen and oxygen atoms in total. The van der Waals surface area contributed by atoms with Crippen molar-refractivity contribution in [2.75, 3.05) is 11.9 Å². The number of aromatic nitrogens is 1. The van der Waals surface area contributed by atoms with Crippen molar-refractivity contribution in [1.29, 1.82) is 0 Å². The van der Waals surface area contributed by atoms with Gasteiger partial charge < -0.3 is 10.4 Å². The maximum Gasteiger partial charge on any atom is 0.248 e. The predicted octanol–water partition coefficient (Wildman–Crippen LogP) is 2.66. The highest BCUT2D eigenvalue weighted by Gasteiger charge is 1.99. The SMILES string of the molecule is O=C(/C=C/c1cccnc1)Nc1cccc(CCCO)c1. The van der Waals surface area contributed by atoms with Gasteiger partial charge in [-0.15, -0.1) is 0 Å². The molecule has 1 aromatic heterocycles. The molecule has 2 rings (SSSR count). The highest BCUT2D eigenvalue weighted by Crippen LogP contribution is 2.12. The number of aryl methyl sites for hydroxylation is 1. The summed E-state index contributed by atoms with van der Waals surface area (Å²) < 4.78 is 0. The molecule has 0 atom stereocenters. The molecule has 0 saturated heterocycles. The molecular formula is C17H18N2O2. The highest BCUT2D eigenvalue weighted by molar-refractivity contribution is 6.01. The van der Waals surface area contributed by atoms with Gasteiger partial charge in [0.25, 0.3) is 0 Å². The molecule has 0 saturated carbocycles. The van der Waals surface area contributed by atoms with Crippen molar-refractivity contribution in [2.45, 2.75) is 12.8 Å². The second-order valence-electron chi connectivity index (χ2n) is 4.64. The molecule has 1 heterocycles. The Kier molecular flexibility index (Phi) is 5.67. The molecule has 4 heteroatoms.